The summed E-state index contributed by atoms with van der Waals surface area (Å²) in [7, 11) is 9.25. The van der Waals surface area contributed by atoms with E-state index in [1.807, 2.05) is 0 Å². The van der Waals surface area contributed by atoms with Crippen molar-refractivity contribution >= 4 is 36.1 Å². The zero-order valence-corrected chi connectivity index (χ0v) is 28.5. The van der Waals surface area contributed by atoms with Crippen LogP contribution in [-0.2, 0) is 14.4 Å². The molecule has 46 heavy (non-hydrogen) atoms. The molecule has 0 aliphatic heterocycles. The van der Waals surface area contributed by atoms with E-state index in [0.29, 0.717) is 51.2 Å². The average Bonchev–Trinajstić information content (AvgIpc) is 3.05. The third-order valence-electron chi connectivity index (χ3n) is 5.38. The maximum Gasteiger partial charge on any atom is 0.328 e. The van der Waals surface area contributed by atoms with Gasteiger partial charge in [-0.3, -0.25) is 0 Å². The Morgan fingerprint density at radius 1 is 0.413 bits per heavy atom. The van der Waals surface area contributed by atoms with E-state index in [1.165, 1.54) is 18.2 Å². The molecule has 0 amide bonds. The van der Waals surface area contributed by atoms with E-state index in [9.17, 15) is 14.4 Å². The fourth-order valence-electron chi connectivity index (χ4n) is 3.28. The second-order valence-corrected chi connectivity index (χ2v) is 8.45. The second kappa shape index (κ2) is 23.1. The summed E-state index contributed by atoms with van der Waals surface area (Å²) in [4.78, 5) is 31.0. The Morgan fingerprint density at radius 3 is 0.717 bits per heavy atom. The number of hydrogen-bond acceptors (Lipinski definition) is 9. The average molecular weight is 777 g/mol. The molecule has 0 aliphatic rings. The molecule has 0 heterocycles. The number of methoxy groups -OCH3 is 6. The molecule has 0 spiro atoms. The number of aliphatic carboxylic acids is 3. The van der Waals surface area contributed by atoms with Crippen LogP contribution in [0.15, 0.2) is 72.8 Å². The van der Waals surface area contributed by atoms with Crippen molar-refractivity contribution < 1.29 is 108 Å². The van der Waals surface area contributed by atoms with E-state index in [0.717, 1.165) is 18.2 Å². The number of hydrogen-bond donors (Lipinski definition) is 3. The zero-order chi connectivity index (χ0) is 33.8. The molecule has 3 aromatic carbocycles. The number of carbonyl (C=O) groups is 3. The first-order valence-electron chi connectivity index (χ1n) is 12.9. The summed E-state index contributed by atoms with van der Waals surface area (Å²) in [6.45, 7) is 0. The first-order chi connectivity index (χ1) is 21.5. The van der Waals surface area contributed by atoms with E-state index in [2.05, 4.69) is 0 Å². The van der Waals surface area contributed by atoms with Crippen LogP contribution in [0.2, 0.25) is 0 Å². The SMILES string of the molecule is COc1cc(C=CC(=O)O)cc(OC)c1.COc1cc(C=CC(=O)O)cc(OC)c1.COc1cc(C=CC(=O)O)cc(OC)c1.[Eu]. The van der Waals surface area contributed by atoms with Crippen LogP contribution in [0, 0.1) is 49.4 Å². The van der Waals surface area contributed by atoms with Crippen molar-refractivity contribution in [2.75, 3.05) is 42.7 Å². The van der Waals surface area contributed by atoms with Gasteiger partial charge < -0.3 is 43.7 Å². The Bertz CT molecular complexity index is 1270. The minimum Gasteiger partial charge on any atom is -0.497 e. The quantitative estimate of drug-likeness (QED) is 0.201. The van der Waals surface area contributed by atoms with Crippen LogP contribution in [0.4, 0.5) is 0 Å². The molecule has 0 fully saturated rings. The summed E-state index contributed by atoms with van der Waals surface area (Å²) in [5.41, 5.74) is 2.15. The number of ether oxygens (including phenoxy) is 6. The van der Waals surface area contributed by atoms with E-state index < -0.39 is 17.9 Å². The third kappa shape index (κ3) is 17.2. The second-order valence-electron chi connectivity index (χ2n) is 8.45. The van der Waals surface area contributed by atoms with E-state index >= 15 is 0 Å². The van der Waals surface area contributed by atoms with Gasteiger partial charge in [-0.2, -0.15) is 0 Å². The third-order valence-corrected chi connectivity index (χ3v) is 5.38. The Morgan fingerprint density at radius 2 is 0.587 bits per heavy atom. The molecule has 13 heteroatoms. The summed E-state index contributed by atoms with van der Waals surface area (Å²) in [6, 6.07) is 15.5. The summed E-state index contributed by atoms with van der Waals surface area (Å²) < 4.78 is 30.3. The van der Waals surface area contributed by atoms with Crippen molar-refractivity contribution in [3.05, 3.63) is 89.5 Å². The smallest absolute Gasteiger partial charge is 0.328 e. The van der Waals surface area contributed by atoms with E-state index in [4.69, 9.17) is 43.7 Å². The van der Waals surface area contributed by atoms with Gasteiger partial charge in [0.2, 0.25) is 0 Å². The molecule has 0 saturated heterocycles. The van der Waals surface area contributed by atoms with Crippen molar-refractivity contribution in [2.24, 2.45) is 0 Å². The van der Waals surface area contributed by atoms with Crippen molar-refractivity contribution in [3.8, 4) is 34.5 Å². The van der Waals surface area contributed by atoms with E-state index in [-0.39, 0.29) is 49.4 Å². The van der Waals surface area contributed by atoms with Crippen LogP contribution < -0.4 is 28.4 Å². The maximum absolute atomic E-state index is 10.3. The van der Waals surface area contributed by atoms with Gasteiger partial charge in [0.05, 0.1) is 42.7 Å². The number of carboxylic acids is 3. The summed E-state index contributed by atoms with van der Waals surface area (Å²) >= 11 is 0. The first kappa shape index (κ1) is 41.7. The largest absolute Gasteiger partial charge is 0.497 e. The van der Waals surface area contributed by atoms with Crippen molar-refractivity contribution in [1.82, 2.24) is 0 Å². The normalized spacial score (nSPS) is 10.0. The van der Waals surface area contributed by atoms with Crippen LogP contribution in [0.3, 0.4) is 0 Å². The molecule has 3 rings (SSSR count). The minimum absolute atomic E-state index is 0. The van der Waals surface area contributed by atoms with Gasteiger partial charge in [0.15, 0.2) is 0 Å². The molecule has 247 valence electrons. The van der Waals surface area contributed by atoms with Crippen LogP contribution in [0.25, 0.3) is 18.2 Å². The Hall–Kier alpha value is -4.33. The predicted octanol–water partition coefficient (Wildman–Crippen LogP) is 5.40. The fraction of sp³-hybridized carbons (Fsp3) is 0.182. The van der Waals surface area contributed by atoms with Gasteiger partial charge in [-0.05, 0) is 71.3 Å². The molecule has 0 aromatic heterocycles. The van der Waals surface area contributed by atoms with Crippen LogP contribution in [-0.4, -0.2) is 75.9 Å². The zero-order valence-electron chi connectivity index (χ0n) is 26.1. The predicted molar refractivity (Wildman–Crippen MR) is 169 cm³/mol. The molecule has 3 N–H and O–H groups in total. The van der Waals surface area contributed by atoms with Crippen LogP contribution in [0.5, 0.6) is 34.5 Å². The van der Waals surface area contributed by atoms with Gasteiger partial charge in [-0.25, -0.2) is 14.4 Å². The molecule has 3 aromatic rings. The molecule has 1 radical (unpaired) electrons. The molecule has 0 unspecified atom stereocenters. The molecule has 0 atom stereocenters. The van der Waals surface area contributed by atoms with Crippen molar-refractivity contribution in [2.45, 2.75) is 0 Å². The van der Waals surface area contributed by atoms with Gasteiger partial charge in [-0.1, -0.05) is 0 Å². The van der Waals surface area contributed by atoms with Gasteiger partial charge in [-0.15, -0.1) is 0 Å². The number of benzene rings is 3. The molecule has 12 nitrogen and oxygen atoms in total. The summed E-state index contributed by atoms with van der Waals surface area (Å²) in [5, 5.41) is 25.4. The van der Waals surface area contributed by atoms with Gasteiger partial charge >= 0.3 is 17.9 Å². The summed E-state index contributed by atoms with van der Waals surface area (Å²) in [5.74, 6) is 0.779. The molecular formula is C33H36EuO12. The van der Waals surface area contributed by atoms with Crippen molar-refractivity contribution in [3.63, 3.8) is 0 Å². The Balaban J connectivity index is 0.000000653. The summed E-state index contributed by atoms with van der Waals surface area (Å²) in [6.07, 6.45) is 7.63. The standard InChI is InChI=1S/3C11H12O4.Eu/c3*1-14-9-5-8(3-4-11(12)13)6-10(7-9)15-2;/h3*3-7H,1-2H3,(H,12,13);. The number of carboxylic acid groups (broad SMARTS) is 3. The molecule has 0 bridgehead atoms. The van der Waals surface area contributed by atoms with E-state index in [1.54, 1.807) is 97.3 Å². The maximum atomic E-state index is 10.3. The minimum atomic E-state index is -0.989. The Labute approximate surface area is 308 Å². The topological polar surface area (TPSA) is 167 Å². The molecule has 0 saturated carbocycles. The first-order valence-corrected chi connectivity index (χ1v) is 12.9. The van der Waals surface area contributed by atoms with Gasteiger partial charge in [0, 0.05) is 85.8 Å². The van der Waals surface area contributed by atoms with Gasteiger partial charge in [0.1, 0.15) is 34.5 Å². The monoisotopic (exact) mass is 777 g/mol. The number of rotatable bonds is 12. The van der Waals surface area contributed by atoms with Crippen LogP contribution >= 0.6 is 0 Å². The van der Waals surface area contributed by atoms with Crippen molar-refractivity contribution in [1.29, 1.82) is 0 Å². The Kier molecular flexibility index (Phi) is 20.9. The molecule has 0 aliphatic carbocycles. The van der Waals surface area contributed by atoms with Gasteiger partial charge in [0.25, 0.3) is 0 Å². The molecular weight excluding hydrogens is 740 g/mol. The van der Waals surface area contributed by atoms with Crippen LogP contribution in [0.1, 0.15) is 16.7 Å². The fourth-order valence-corrected chi connectivity index (χ4v) is 3.28.